The van der Waals surface area contributed by atoms with E-state index in [1.165, 1.54) is 18.6 Å². The van der Waals surface area contributed by atoms with Crippen LogP contribution in [0.25, 0.3) is 0 Å². The molecule has 4 heteroatoms. The number of rotatable bonds is 2. The van der Waals surface area contributed by atoms with Gasteiger partial charge in [-0.3, -0.25) is 4.79 Å². The minimum Gasteiger partial charge on any atom is -0.268 e. The highest BCUT2D eigenvalue weighted by molar-refractivity contribution is 8.00. The highest BCUT2D eigenvalue weighted by Crippen LogP contribution is 2.28. The third-order valence-electron chi connectivity index (χ3n) is 2.20. The topological polar surface area (TPSA) is 45.8 Å². The maximum Gasteiger partial charge on any atom is 0.264 e. The van der Waals surface area contributed by atoms with Crippen LogP contribution < -0.4 is 5.56 Å². The lowest BCUT2D eigenvalue weighted by molar-refractivity contribution is 0.748. The van der Waals surface area contributed by atoms with Crippen LogP contribution in [-0.4, -0.2) is 21.2 Å². The van der Waals surface area contributed by atoms with Gasteiger partial charge < -0.3 is 0 Å². The summed E-state index contributed by atoms with van der Waals surface area (Å²) in [6.07, 6.45) is 3.59. The lowest BCUT2D eigenvalue weighted by Gasteiger charge is -2.05. The molecule has 1 fully saturated rings. The number of nitrogens with one attached hydrogen (secondary N) is 1. The van der Waals surface area contributed by atoms with E-state index in [4.69, 9.17) is 0 Å². The van der Waals surface area contributed by atoms with E-state index in [1.807, 2.05) is 17.8 Å². The van der Waals surface area contributed by atoms with Crippen molar-refractivity contribution in [1.29, 1.82) is 0 Å². The van der Waals surface area contributed by atoms with E-state index in [9.17, 15) is 4.79 Å². The third-order valence-corrected chi connectivity index (χ3v) is 3.60. The van der Waals surface area contributed by atoms with E-state index in [1.54, 1.807) is 6.07 Å². The summed E-state index contributed by atoms with van der Waals surface area (Å²) in [6, 6.07) is 3.36. The van der Waals surface area contributed by atoms with Crippen molar-refractivity contribution in [2.45, 2.75) is 24.5 Å². The van der Waals surface area contributed by atoms with Crippen molar-refractivity contribution in [3.05, 3.63) is 28.2 Å². The van der Waals surface area contributed by atoms with Crippen molar-refractivity contribution < 1.29 is 0 Å². The number of hydrogen-bond acceptors (Lipinski definition) is 3. The normalized spacial score (nSPS) is 22.0. The molecule has 0 spiro atoms. The van der Waals surface area contributed by atoms with Crippen LogP contribution in [0.3, 0.4) is 0 Å². The molecule has 1 aromatic rings. The standard InChI is InChI=1S/C9H12N2OS/c12-9-4-3-7(10-11-9)6-8-2-1-5-13-8/h3-4,8H,1-2,5-6H2,(H,11,12). The summed E-state index contributed by atoms with van der Waals surface area (Å²) in [7, 11) is 0. The van der Waals surface area contributed by atoms with Gasteiger partial charge in [0.05, 0.1) is 5.69 Å². The molecule has 1 aromatic heterocycles. The van der Waals surface area contributed by atoms with Crippen LogP contribution in [0.15, 0.2) is 16.9 Å². The molecule has 0 radical (unpaired) electrons. The van der Waals surface area contributed by atoms with Gasteiger partial charge in [-0.2, -0.15) is 16.9 Å². The Hall–Kier alpha value is -0.770. The predicted octanol–water partition coefficient (Wildman–Crippen LogP) is 1.21. The van der Waals surface area contributed by atoms with E-state index in [0.29, 0.717) is 5.25 Å². The fourth-order valence-corrected chi connectivity index (χ4v) is 2.81. The van der Waals surface area contributed by atoms with Gasteiger partial charge in [-0.15, -0.1) is 0 Å². The van der Waals surface area contributed by atoms with Gasteiger partial charge in [0.25, 0.3) is 5.56 Å². The minimum absolute atomic E-state index is 0.122. The molecule has 1 unspecified atom stereocenters. The van der Waals surface area contributed by atoms with Crippen LogP contribution in [0.4, 0.5) is 0 Å². The molecule has 2 heterocycles. The lowest BCUT2D eigenvalue weighted by Crippen LogP contribution is -2.10. The Kier molecular flexibility index (Phi) is 2.68. The van der Waals surface area contributed by atoms with Crippen molar-refractivity contribution in [2.24, 2.45) is 0 Å². The molecule has 0 aliphatic carbocycles. The third kappa shape index (κ3) is 2.34. The quantitative estimate of drug-likeness (QED) is 0.773. The smallest absolute Gasteiger partial charge is 0.264 e. The zero-order valence-electron chi connectivity index (χ0n) is 7.32. The van der Waals surface area contributed by atoms with E-state index in [2.05, 4.69) is 10.2 Å². The fourth-order valence-electron chi connectivity index (χ4n) is 1.53. The average molecular weight is 196 g/mol. The Morgan fingerprint density at radius 1 is 1.62 bits per heavy atom. The summed E-state index contributed by atoms with van der Waals surface area (Å²) in [5, 5.41) is 7.16. The Balaban J connectivity index is 2.00. The lowest BCUT2D eigenvalue weighted by atomic mass is 10.1. The molecule has 1 N–H and O–H groups in total. The molecule has 1 atom stereocenters. The summed E-state index contributed by atoms with van der Waals surface area (Å²) in [6.45, 7) is 0. The van der Waals surface area contributed by atoms with Gasteiger partial charge in [0.1, 0.15) is 0 Å². The molecule has 0 amide bonds. The van der Waals surface area contributed by atoms with Crippen LogP contribution in [-0.2, 0) is 6.42 Å². The number of nitrogens with zero attached hydrogens (tertiary/aromatic N) is 1. The molecule has 3 nitrogen and oxygen atoms in total. The average Bonchev–Trinajstić information content (AvgIpc) is 2.62. The first kappa shape index (κ1) is 8.81. The molecule has 13 heavy (non-hydrogen) atoms. The molecule has 0 aromatic carbocycles. The number of thioether (sulfide) groups is 1. The van der Waals surface area contributed by atoms with Crippen LogP contribution in [0.2, 0.25) is 0 Å². The Bertz CT molecular complexity index is 310. The molecule has 1 saturated heterocycles. The number of aromatic amines is 1. The van der Waals surface area contributed by atoms with E-state index in [0.717, 1.165) is 12.1 Å². The highest BCUT2D eigenvalue weighted by Gasteiger charge is 2.16. The molecule has 1 aliphatic heterocycles. The van der Waals surface area contributed by atoms with Crippen molar-refractivity contribution >= 4 is 11.8 Å². The Morgan fingerprint density at radius 2 is 2.54 bits per heavy atom. The minimum atomic E-state index is -0.122. The Morgan fingerprint density at radius 3 is 3.15 bits per heavy atom. The van der Waals surface area contributed by atoms with Gasteiger partial charge in [0.15, 0.2) is 0 Å². The van der Waals surface area contributed by atoms with Crippen molar-refractivity contribution in [3.63, 3.8) is 0 Å². The van der Waals surface area contributed by atoms with Crippen LogP contribution in [0, 0.1) is 0 Å². The summed E-state index contributed by atoms with van der Waals surface area (Å²) >= 11 is 2.01. The van der Waals surface area contributed by atoms with Crippen LogP contribution in [0.5, 0.6) is 0 Å². The number of aromatic nitrogens is 2. The van der Waals surface area contributed by atoms with Crippen LogP contribution >= 0.6 is 11.8 Å². The maximum atomic E-state index is 10.7. The largest absolute Gasteiger partial charge is 0.268 e. The van der Waals surface area contributed by atoms with Gasteiger partial charge in [0, 0.05) is 17.7 Å². The fraction of sp³-hybridized carbons (Fsp3) is 0.556. The van der Waals surface area contributed by atoms with Gasteiger partial charge >= 0.3 is 0 Å². The first-order chi connectivity index (χ1) is 6.34. The number of H-pyrrole nitrogens is 1. The zero-order chi connectivity index (χ0) is 9.10. The Labute approximate surface area is 80.9 Å². The van der Waals surface area contributed by atoms with Gasteiger partial charge in [-0.25, -0.2) is 5.10 Å². The zero-order valence-corrected chi connectivity index (χ0v) is 8.14. The molecule has 1 aliphatic rings. The summed E-state index contributed by atoms with van der Waals surface area (Å²) < 4.78 is 0. The monoisotopic (exact) mass is 196 g/mol. The summed E-state index contributed by atoms with van der Waals surface area (Å²) in [5.41, 5.74) is 0.877. The second-order valence-corrected chi connectivity index (χ2v) is 4.66. The molecular formula is C9H12N2OS. The predicted molar refractivity (Wildman–Crippen MR) is 54.0 cm³/mol. The van der Waals surface area contributed by atoms with E-state index >= 15 is 0 Å². The second kappa shape index (κ2) is 3.96. The first-order valence-electron chi connectivity index (χ1n) is 4.51. The molecule has 0 saturated carbocycles. The van der Waals surface area contributed by atoms with Crippen LogP contribution in [0.1, 0.15) is 18.5 Å². The van der Waals surface area contributed by atoms with Gasteiger partial charge in [-0.05, 0) is 24.7 Å². The highest BCUT2D eigenvalue weighted by atomic mass is 32.2. The molecular weight excluding hydrogens is 184 g/mol. The molecule has 0 bridgehead atoms. The van der Waals surface area contributed by atoms with Crippen molar-refractivity contribution in [1.82, 2.24) is 10.2 Å². The van der Waals surface area contributed by atoms with E-state index in [-0.39, 0.29) is 5.56 Å². The molecule has 70 valence electrons. The van der Waals surface area contributed by atoms with Crippen molar-refractivity contribution in [2.75, 3.05) is 5.75 Å². The first-order valence-corrected chi connectivity index (χ1v) is 5.56. The SMILES string of the molecule is O=c1ccc(CC2CCCS2)n[nH]1. The van der Waals surface area contributed by atoms with Gasteiger partial charge in [-0.1, -0.05) is 0 Å². The second-order valence-electron chi connectivity index (χ2n) is 3.25. The summed E-state index contributed by atoms with van der Waals surface area (Å²) in [5.74, 6) is 1.27. The van der Waals surface area contributed by atoms with Crippen molar-refractivity contribution in [3.8, 4) is 0 Å². The van der Waals surface area contributed by atoms with Gasteiger partial charge in [0.2, 0.25) is 0 Å². The molecule has 2 rings (SSSR count). The van der Waals surface area contributed by atoms with E-state index < -0.39 is 0 Å². The summed E-state index contributed by atoms with van der Waals surface area (Å²) in [4.78, 5) is 10.7. The maximum absolute atomic E-state index is 10.7. The number of hydrogen-bond donors (Lipinski definition) is 1.